The number of hydrogen-bond acceptors (Lipinski definition) is 3. The van der Waals surface area contributed by atoms with Gasteiger partial charge in [-0.3, -0.25) is 0 Å². The molecule has 3 nitrogen and oxygen atoms in total. The lowest BCUT2D eigenvalue weighted by atomic mass is 10.1. The molecule has 1 rings (SSSR count). The second kappa shape index (κ2) is 10.2. The van der Waals surface area contributed by atoms with Crippen LogP contribution in [0.5, 0.6) is 0 Å². The van der Waals surface area contributed by atoms with Gasteiger partial charge in [-0.2, -0.15) is 0 Å². The minimum atomic E-state index is -1.90. The molecular weight excluding hydrogens is 392 g/mol. The first kappa shape index (κ1) is 26.6. The molecule has 0 aliphatic rings. The molecule has 1 aromatic rings. The van der Waals surface area contributed by atoms with Crippen molar-refractivity contribution >= 4 is 16.6 Å². The first-order valence-corrected chi connectivity index (χ1v) is 16.8. The third-order valence-electron chi connectivity index (χ3n) is 6.79. The highest BCUT2D eigenvalue weighted by Gasteiger charge is 2.41. The van der Waals surface area contributed by atoms with E-state index in [1.807, 2.05) is 6.07 Å². The predicted molar refractivity (Wildman–Crippen MR) is 130 cm³/mol. The molecular formula is C24H46O3Si2. The monoisotopic (exact) mass is 438 g/mol. The molecule has 0 radical (unpaired) electrons. The van der Waals surface area contributed by atoms with Crippen LogP contribution in [0.2, 0.25) is 36.3 Å². The van der Waals surface area contributed by atoms with E-state index in [-0.39, 0.29) is 22.1 Å². The van der Waals surface area contributed by atoms with E-state index >= 15 is 0 Å². The number of rotatable bonds is 10. The molecule has 0 amide bonds. The highest BCUT2D eigenvalue weighted by Crippen LogP contribution is 2.39. The maximum Gasteiger partial charge on any atom is 0.192 e. The van der Waals surface area contributed by atoms with Crippen molar-refractivity contribution in [3.8, 4) is 0 Å². The van der Waals surface area contributed by atoms with Crippen molar-refractivity contribution in [3.05, 3.63) is 35.9 Å². The van der Waals surface area contributed by atoms with Gasteiger partial charge >= 0.3 is 0 Å². The van der Waals surface area contributed by atoms with Gasteiger partial charge in [0.15, 0.2) is 16.6 Å². The fourth-order valence-corrected chi connectivity index (χ4v) is 4.92. The SMILES string of the molecule is C[C@H](CO[Si](C)(C)C(C)(C)C)[C@H](COCc1ccccc1)O[Si](C)(C)C(C)(C)C. The highest BCUT2D eigenvalue weighted by molar-refractivity contribution is 6.74. The van der Waals surface area contributed by atoms with Crippen molar-refractivity contribution in [1.82, 2.24) is 0 Å². The van der Waals surface area contributed by atoms with E-state index in [1.165, 1.54) is 5.56 Å². The molecule has 5 heteroatoms. The Morgan fingerprint density at radius 2 is 1.31 bits per heavy atom. The maximum atomic E-state index is 6.80. The zero-order chi connectivity index (χ0) is 22.5. The smallest absolute Gasteiger partial charge is 0.192 e. The second-order valence-corrected chi connectivity index (χ2v) is 21.0. The van der Waals surface area contributed by atoms with Crippen LogP contribution >= 0.6 is 0 Å². The molecule has 0 aromatic heterocycles. The van der Waals surface area contributed by atoms with Gasteiger partial charge in [-0.05, 0) is 41.8 Å². The van der Waals surface area contributed by atoms with Crippen LogP contribution in [0.4, 0.5) is 0 Å². The summed E-state index contributed by atoms with van der Waals surface area (Å²) in [6.07, 6.45) is 0.0457. The molecule has 0 heterocycles. The van der Waals surface area contributed by atoms with E-state index in [0.29, 0.717) is 13.2 Å². The summed E-state index contributed by atoms with van der Waals surface area (Å²) >= 11 is 0. The highest BCUT2D eigenvalue weighted by atomic mass is 28.4. The molecule has 0 aliphatic carbocycles. The van der Waals surface area contributed by atoms with Gasteiger partial charge in [-0.15, -0.1) is 0 Å². The minimum absolute atomic E-state index is 0.0457. The van der Waals surface area contributed by atoms with Crippen molar-refractivity contribution in [2.45, 2.75) is 97.4 Å². The van der Waals surface area contributed by atoms with Gasteiger partial charge in [0.1, 0.15) is 0 Å². The van der Waals surface area contributed by atoms with E-state index in [0.717, 1.165) is 6.61 Å². The zero-order valence-corrected chi connectivity index (χ0v) is 22.9. The van der Waals surface area contributed by atoms with Crippen LogP contribution < -0.4 is 0 Å². The lowest BCUT2D eigenvalue weighted by Crippen LogP contribution is -2.48. The topological polar surface area (TPSA) is 27.7 Å². The molecule has 0 spiro atoms. The summed E-state index contributed by atoms with van der Waals surface area (Å²) in [6, 6.07) is 10.4. The fraction of sp³-hybridized carbons (Fsp3) is 0.750. The largest absolute Gasteiger partial charge is 0.416 e. The van der Waals surface area contributed by atoms with E-state index < -0.39 is 16.6 Å². The average molecular weight is 439 g/mol. The third-order valence-corrected chi connectivity index (χ3v) is 15.8. The van der Waals surface area contributed by atoms with Gasteiger partial charge in [0.25, 0.3) is 0 Å². The van der Waals surface area contributed by atoms with Crippen LogP contribution in [0.1, 0.15) is 54.0 Å². The molecule has 0 unspecified atom stereocenters. The van der Waals surface area contributed by atoms with Gasteiger partial charge in [0.2, 0.25) is 0 Å². The van der Waals surface area contributed by atoms with Crippen LogP contribution in [0.15, 0.2) is 30.3 Å². The third kappa shape index (κ3) is 8.29. The first-order chi connectivity index (χ1) is 13.1. The van der Waals surface area contributed by atoms with Crippen LogP contribution in [0.25, 0.3) is 0 Å². The molecule has 0 fully saturated rings. The van der Waals surface area contributed by atoms with E-state index in [4.69, 9.17) is 13.6 Å². The van der Waals surface area contributed by atoms with Gasteiger partial charge in [-0.25, -0.2) is 0 Å². The standard InChI is InChI=1S/C24H46O3Si2/c1-20(17-26-28(8,9)23(2,3)4)22(27-29(10,11)24(5,6)7)19-25-18-21-15-13-12-14-16-21/h12-16,20,22H,17-19H2,1-11H3/t20-,22+/m1/s1. The normalized spacial score (nSPS) is 16.0. The first-order valence-electron chi connectivity index (χ1n) is 11.0. The quantitative estimate of drug-likeness (QED) is 0.360. The fourth-order valence-electron chi connectivity index (χ4n) is 2.40. The van der Waals surface area contributed by atoms with Gasteiger partial charge in [0.05, 0.1) is 19.3 Å². The van der Waals surface area contributed by atoms with Gasteiger partial charge in [0, 0.05) is 12.5 Å². The van der Waals surface area contributed by atoms with Crippen molar-refractivity contribution in [2.24, 2.45) is 5.92 Å². The second-order valence-electron chi connectivity index (χ2n) is 11.5. The molecule has 2 atom stereocenters. The van der Waals surface area contributed by atoms with Crippen LogP contribution in [-0.4, -0.2) is 36.0 Å². The van der Waals surface area contributed by atoms with E-state index in [9.17, 15) is 0 Å². The molecule has 0 aliphatic heterocycles. The molecule has 29 heavy (non-hydrogen) atoms. The molecule has 0 saturated carbocycles. The lowest BCUT2D eigenvalue weighted by molar-refractivity contribution is -0.00265. The average Bonchev–Trinajstić information content (AvgIpc) is 2.57. The Labute approximate surface area is 182 Å². The van der Waals surface area contributed by atoms with Crippen LogP contribution in [0.3, 0.4) is 0 Å². The van der Waals surface area contributed by atoms with Crippen LogP contribution in [-0.2, 0) is 20.2 Å². The van der Waals surface area contributed by atoms with Crippen molar-refractivity contribution in [2.75, 3.05) is 13.2 Å². The van der Waals surface area contributed by atoms with Gasteiger partial charge in [-0.1, -0.05) is 78.8 Å². The Morgan fingerprint density at radius 1 is 0.793 bits per heavy atom. The summed E-state index contributed by atoms with van der Waals surface area (Å²) in [5.41, 5.74) is 1.20. The summed E-state index contributed by atoms with van der Waals surface area (Å²) in [7, 11) is -3.67. The zero-order valence-electron chi connectivity index (χ0n) is 20.9. The molecule has 168 valence electrons. The predicted octanol–water partition coefficient (Wildman–Crippen LogP) is 7.25. The van der Waals surface area contributed by atoms with Gasteiger partial charge < -0.3 is 13.6 Å². The Kier molecular flexibility index (Phi) is 9.37. The summed E-state index contributed by atoms with van der Waals surface area (Å²) in [6.45, 7) is 27.2. The number of benzene rings is 1. The molecule has 1 aromatic carbocycles. The molecule has 0 saturated heterocycles. The maximum absolute atomic E-state index is 6.80. The lowest BCUT2D eigenvalue weighted by Gasteiger charge is -2.42. The summed E-state index contributed by atoms with van der Waals surface area (Å²) in [5, 5.41) is 0.386. The summed E-state index contributed by atoms with van der Waals surface area (Å²) < 4.78 is 19.4. The molecule has 0 N–H and O–H groups in total. The Bertz CT molecular complexity index is 601. The van der Waals surface area contributed by atoms with Crippen molar-refractivity contribution < 1.29 is 13.6 Å². The number of ether oxygens (including phenoxy) is 1. The minimum Gasteiger partial charge on any atom is -0.416 e. The van der Waals surface area contributed by atoms with Crippen LogP contribution in [0, 0.1) is 5.92 Å². The Hall–Kier alpha value is -0.466. The Balaban J connectivity index is 2.82. The molecule has 0 bridgehead atoms. The Morgan fingerprint density at radius 3 is 1.79 bits per heavy atom. The summed E-state index contributed by atoms with van der Waals surface area (Å²) in [5.74, 6) is 0.286. The van der Waals surface area contributed by atoms with E-state index in [1.54, 1.807) is 0 Å². The summed E-state index contributed by atoms with van der Waals surface area (Å²) in [4.78, 5) is 0. The van der Waals surface area contributed by atoms with Crippen molar-refractivity contribution in [1.29, 1.82) is 0 Å². The number of hydrogen-bond donors (Lipinski definition) is 0. The van der Waals surface area contributed by atoms with Crippen molar-refractivity contribution in [3.63, 3.8) is 0 Å². The van der Waals surface area contributed by atoms with E-state index in [2.05, 4.69) is 98.9 Å².